The summed E-state index contributed by atoms with van der Waals surface area (Å²) in [7, 11) is 2.50. The van der Waals surface area contributed by atoms with Gasteiger partial charge in [-0.1, -0.05) is 42.5 Å². The number of ether oxygens (including phenoxy) is 2. The van der Waals surface area contributed by atoms with Gasteiger partial charge in [-0.15, -0.1) is 0 Å². The average molecular weight is 381 g/mol. The molecular formula is C22H23NO5. The fourth-order valence-corrected chi connectivity index (χ4v) is 3.09. The van der Waals surface area contributed by atoms with E-state index in [1.165, 1.54) is 14.2 Å². The number of furan rings is 1. The minimum absolute atomic E-state index is 0.0393. The van der Waals surface area contributed by atoms with Gasteiger partial charge in [-0.05, 0) is 37.1 Å². The molecule has 0 unspecified atom stereocenters. The summed E-state index contributed by atoms with van der Waals surface area (Å²) in [5, 5.41) is 5.17. The summed E-state index contributed by atoms with van der Waals surface area (Å²) >= 11 is 0. The number of carbonyl (C=O) groups is 2. The molecule has 0 radical (unpaired) electrons. The first-order chi connectivity index (χ1) is 13.3. The highest BCUT2D eigenvalue weighted by molar-refractivity contribution is 6.12. The Morgan fingerprint density at radius 1 is 0.929 bits per heavy atom. The quantitative estimate of drug-likeness (QED) is 0.649. The largest absolute Gasteiger partial charge is 0.465 e. The van der Waals surface area contributed by atoms with Crippen LogP contribution in [0.2, 0.25) is 0 Å². The molecule has 0 aliphatic rings. The van der Waals surface area contributed by atoms with Crippen molar-refractivity contribution in [3.8, 4) is 11.1 Å². The van der Waals surface area contributed by atoms with Crippen LogP contribution in [0, 0.1) is 0 Å². The maximum absolute atomic E-state index is 12.6. The minimum atomic E-state index is -0.746. The molecule has 0 bridgehead atoms. The Morgan fingerprint density at radius 3 is 2.21 bits per heavy atom. The van der Waals surface area contributed by atoms with E-state index in [1.807, 2.05) is 63.2 Å². The Hall–Kier alpha value is -3.28. The molecule has 1 heterocycles. The van der Waals surface area contributed by atoms with E-state index in [-0.39, 0.29) is 16.9 Å². The van der Waals surface area contributed by atoms with E-state index in [4.69, 9.17) is 13.9 Å². The number of anilines is 1. The van der Waals surface area contributed by atoms with Crippen molar-refractivity contribution in [2.24, 2.45) is 0 Å². The lowest BCUT2D eigenvalue weighted by Gasteiger charge is -2.21. The normalized spacial score (nSPS) is 11.3. The third-order valence-corrected chi connectivity index (χ3v) is 4.22. The van der Waals surface area contributed by atoms with Crippen LogP contribution in [-0.2, 0) is 9.47 Å². The average Bonchev–Trinajstić information content (AvgIpc) is 3.03. The first-order valence-electron chi connectivity index (χ1n) is 8.86. The van der Waals surface area contributed by atoms with E-state index in [0.717, 1.165) is 16.3 Å². The number of benzene rings is 2. The molecule has 0 atom stereocenters. The molecular weight excluding hydrogens is 358 g/mol. The summed E-state index contributed by atoms with van der Waals surface area (Å²) in [6, 6.07) is 13.6. The summed E-state index contributed by atoms with van der Waals surface area (Å²) in [5.41, 5.74) is 0.887. The molecule has 2 aromatic carbocycles. The summed E-state index contributed by atoms with van der Waals surface area (Å²) in [6.45, 7) is 5.87. The second-order valence-corrected chi connectivity index (χ2v) is 7.40. The Bertz CT molecular complexity index is 1040. The van der Waals surface area contributed by atoms with Gasteiger partial charge in [0, 0.05) is 5.54 Å². The standard InChI is InChI=1S/C22H23NO5/c1-22(2,3)23-19-16(15-12-8-10-13-9-6-7-11-14(13)15)17(20(24)26-4)18(28-19)21(25)27-5/h6-12,23H,1-5H3. The predicted octanol–water partition coefficient (Wildman–Crippen LogP) is 4.88. The molecule has 146 valence electrons. The van der Waals surface area contributed by atoms with E-state index in [0.29, 0.717) is 11.4 Å². The molecule has 0 saturated carbocycles. The first kappa shape index (κ1) is 19.5. The lowest BCUT2D eigenvalue weighted by atomic mass is 9.95. The molecule has 6 heteroatoms. The number of rotatable bonds is 4. The van der Waals surface area contributed by atoms with Crippen LogP contribution in [0.4, 0.5) is 5.88 Å². The van der Waals surface area contributed by atoms with Crippen molar-refractivity contribution in [3.63, 3.8) is 0 Å². The second kappa shape index (κ2) is 7.38. The van der Waals surface area contributed by atoms with Crippen LogP contribution in [0.25, 0.3) is 21.9 Å². The third-order valence-electron chi connectivity index (χ3n) is 4.22. The van der Waals surface area contributed by atoms with E-state index < -0.39 is 11.9 Å². The van der Waals surface area contributed by atoms with Crippen molar-refractivity contribution in [3.05, 3.63) is 53.8 Å². The van der Waals surface area contributed by atoms with E-state index >= 15 is 0 Å². The van der Waals surface area contributed by atoms with Crippen molar-refractivity contribution in [2.75, 3.05) is 19.5 Å². The van der Waals surface area contributed by atoms with E-state index in [2.05, 4.69) is 5.32 Å². The Morgan fingerprint density at radius 2 is 1.57 bits per heavy atom. The van der Waals surface area contributed by atoms with Crippen LogP contribution in [0.3, 0.4) is 0 Å². The van der Waals surface area contributed by atoms with E-state index in [9.17, 15) is 9.59 Å². The summed E-state index contributed by atoms with van der Waals surface area (Å²) in [5.74, 6) is -1.30. The van der Waals surface area contributed by atoms with Crippen LogP contribution in [0.15, 0.2) is 46.9 Å². The zero-order chi connectivity index (χ0) is 20.5. The Labute approximate surface area is 163 Å². The van der Waals surface area contributed by atoms with Crippen LogP contribution in [0.5, 0.6) is 0 Å². The maximum Gasteiger partial charge on any atom is 0.375 e. The monoisotopic (exact) mass is 381 g/mol. The number of fused-ring (bicyclic) bond motifs is 1. The smallest absolute Gasteiger partial charge is 0.375 e. The summed E-state index contributed by atoms with van der Waals surface area (Å²) in [4.78, 5) is 25.0. The first-order valence-corrected chi connectivity index (χ1v) is 8.86. The molecule has 6 nitrogen and oxygen atoms in total. The van der Waals surface area contributed by atoms with Crippen molar-refractivity contribution < 1.29 is 23.5 Å². The van der Waals surface area contributed by atoms with Gasteiger partial charge in [0.2, 0.25) is 11.6 Å². The van der Waals surface area contributed by atoms with Crippen molar-refractivity contribution in [1.29, 1.82) is 0 Å². The number of methoxy groups -OCH3 is 2. The highest BCUT2D eigenvalue weighted by atomic mass is 16.5. The molecule has 0 amide bonds. The minimum Gasteiger partial charge on any atom is -0.465 e. The van der Waals surface area contributed by atoms with Crippen LogP contribution >= 0.6 is 0 Å². The zero-order valence-corrected chi connectivity index (χ0v) is 16.6. The highest BCUT2D eigenvalue weighted by Gasteiger charge is 2.33. The lowest BCUT2D eigenvalue weighted by Crippen LogP contribution is -2.26. The van der Waals surface area contributed by atoms with E-state index in [1.54, 1.807) is 0 Å². The number of hydrogen-bond donors (Lipinski definition) is 1. The number of hydrogen-bond acceptors (Lipinski definition) is 6. The Kier molecular flexibility index (Phi) is 5.14. The van der Waals surface area contributed by atoms with Gasteiger partial charge < -0.3 is 19.2 Å². The van der Waals surface area contributed by atoms with Gasteiger partial charge >= 0.3 is 11.9 Å². The van der Waals surface area contributed by atoms with Gasteiger partial charge in [0.15, 0.2) is 0 Å². The highest BCUT2D eigenvalue weighted by Crippen LogP contribution is 2.41. The van der Waals surface area contributed by atoms with Gasteiger partial charge in [-0.3, -0.25) is 0 Å². The number of carbonyl (C=O) groups excluding carboxylic acids is 2. The van der Waals surface area contributed by atoms with Crippen molar-refractivity contribution >= 4 is 28.6 Å². The Balaban J connectivity index is 2.40. The maximum atomic E-state index is 12.6. The molecule has 28 heavy (non-hydrogen) atoms. The molecule has 0 spiro atoms. The molecule has 3 aromatic rings. The fourth-order valence-electron chi connectivity index (χ4n) is 3.09. The number of nitrogens with one attached hydrogen (secondary N) is 1. The van der Waals surface area contributed by atoms with Gasteiger partial charge in [-0.25, -0.2) is 9.59 Å². The second-order valence-electron chi connectivity index (χ2n) is 7.40. The molecule has 0 fully saturated rings. The topological polar surface area (TPSA) is 77.8 Å². The molecule has 1 aromatic heterocycles. The van der Waals surface area contributed by atoms with Gasteiger partial charge in [0.1, 0.15) is 5.56 Å². The van der Waals surface area contributed by atoms with Crippen LogP contribution in [-0.4, -0.2) is 31.7 Å². The van der Waals surface area contributed by atoms with Gasteiger partial charge in [-0.2, -0.15) is 0 Å². The van der Waals surface area contributed by atoms with Gasteiger partial charge in [0.25, 0.3) is 0 Å². The lowest BCUT2D eigenvalue weighted by molar-refractivity contribution is 0.0529. The summed E-state index contributed by atoms with van der Waals surface area (Å²) in [6.07, 6.45) is 0. The molecule has 0 aliphatic heterocycles. The molecule has 0 saturated heterocycles. The fraction of sp³-hybridized carbons (Fsp3) is 0.273. The van der Waals surface area contributed by atoms with Gasteiger partial charge in [0.05, 0.1) is 19.8 Å². The SMILES string of the molecule is COC(=O)c1oc(NC(C)(C)C)c(-c2cccc3ccccc23)c1C(=O)OC. The summed E-state index contributed by atoms with van der Waals surface area (Å²) < 4.78 is 15.6. The third kappa shape index (κ3) is 3.58. The van der Waals surface area contributed by atoms with Crippen molar-refractivity contribution in [2.45, 2.75) is 26.3 Å². The number of esters is 2. The predicted molar refractivity (Wildman–Crippen MR) is 108 cm³/mol. The van der Waals surface area contributed by atoms with Crippen LogP contribution in [0.1, 0.15) is 41.7 Å². The van der Waals surface area contributed by atoms with Crippen molar-refractivity contribution in [1.82, 2.24) is 0 Å². The molecule has 0 aliphatic carbocycles. The van der Waals surface area contributed by atoms with Crippen LogP contribution < -0.4 is 5.32 Å². The zero-order valence-electron chi connectivity index (χ0n) is 16.6. The molecule has 1 N–H and O–H groups in total. The molecule has 3 rings (SSSR count).